The van der Waals surface area contributed by atoms with Crippen LogP contribution in [-0.4, -0.2) is 45.2 Å². The monoisotopic (exact) mass is 458 g/mol. The fourth-order valence-electron chi connectivity index (χ4n) is 4.83. The van der Waals surface area contributed by atoms with Gasteiger partial charge in [-0.05, 0) is 30.0 Å². The van der Waals surface area contributed by atoms with Gasteiger partial charge in [0.15, 0.2) is 0 Å². The zero-order chi connectivity index (χ0) is 24.1. The highest BCUT2D eigenvalue weighted by molar-refractivity contribution is 5.73. The molecule has 0 N–H and O–H groups in total. The number of nitro benzene ring substituents is 1. The highest BCUT2D eigenvalue weighted by Crippen LogP contribution is 2.35. The van der Waals surface area contributed by atoms with Gasteiger partial charge in [-0.15, -0.1) is 0 Å². The summed E-state index contributed by atoms with van der Waals surface area (Å²) in [5.41, 5.74) is 4.32. The molecular weight excluding hydrogens is 428 g/mol. The zero-order valence-electron chi connectivity index (χ0n) is 19.6. The standard InChI is InChI=1S/C27H30N4O3/c1-20-9-11-23(12-10-20)26-19-29(16-24-7-3-4-8-27(24)31(33)34)17-25(26)18-30(21(2)32)15-22-6-5-13-28-14-22/h3-14,25-26H,15-19H2,1-2H3/t25-,26-/m1/s1. The summed E-state index contributed by atoms with van der Waals surface area (Å²) in [6.45, 7) is 6.89. The zero-order valence-corrected chi connectivity index (χ0v) is 19.6. The van der Waals surface area contributed by atoms with Crippen LogP contribution in [0.4, 0.5) is 5.69 Å². The van der Waals surface area contributed by atoms with Crippen molar-refractivity contribution in [2.75, 3.05) is 19.6 Å². The van der Waals surface area contributed by atoms with Crippen molar-refractivity contribution in [3.63, 3.8) is 0 Å². The number of hydrogen-bond donors (Lipinski definition) is 0. The third-order valence-corrected chi connectivity index (χ3v) is 6.60. The first kappa shape index (κ1) is 23.6. The molecule has 1 fully saturated rings. The molecule has 4 rings (SSSR count). The molecule has 2 aromatic carbocycles. The molecular formula is C27H30N4O3. The largest absolute Gasteiger partial charge is 0.338 e. The number of amides is 1. The van der Waals surface area contributed by atoms with Gasteiger partial charge in [-0.1, -0.05) is 54.1 Å². The number of pyridine rings is 1. The minimum Gasteiger partial charge on any atom is -0.338 e. The van der Waals surface area contributed by atoms with Gasteiger partial charge in [0.2, 0.25) is 5.91 Å². The number of hydrogen-bond acceptors (Lipinski definition) is 5. The fourth-order valence-corrected chi connectivity index (χ4v) is 4.83. The molecule has 0 bridgehead atoms. The average molecular weight is 459 g/mol. The minimum atomic E-state index is -0.314. The number of aromatic nitrogens is 1. The minimum absolute atomic E-state index is 0.0312. The lowest BCUT2D eigenvalue weighted by Gasteiger charge is -2.28. The molecule has 34 heavy (non-hydrogen) atoms. The number of nitro groups is 1. The van der Waals surface area contributed by atoms with Gasteiger partial charge in [-0.3, -0.25) is 24.8 Å². The van der Waals surface area contributed by atoms with Gasteiger partial charge in [0, 0.05) is 69.6 Å². The lowest BCUT2D eigenvalue weighted by Crippen LogP contribution is -2.35. The van der Waals surface area contributed by atoms with Crippen LogP contribution >= 0.6 is 0 Å². The van der Waals surface area contributed by atoms with Crippen molar-refractivity contribution in [2.45, 2.75) is 32.9 Å². The van der Waals surface area contributed by atoms with Crippen LogP contribution in [0.25, 0.3) is 0 Å². The van der Waals surface area contributed by atoms with Crippen LogP contribution in [0.3, 0.4) is 0 Å². The lowest BCUT2D eigenvalue weighted by atomic mass is 9.88. The number of carbonyl (C=O) groups excluding carboxylic acids is 1. The van der Waals surface area contributed by atoms with E-state index in [9.17, 15) is 14.9 Å². The Hall–Kier alpha value is -3.58. The number of carbonyl (C=O) groups is 1. The molecule has 1 aliphatic heterocycles. The van der Waals surface area contributed by atoms with E-state index in [0.29, 0.717) is 19.6 Å². The van der Waals surface area contributed by atoms with Crippen LogP contribution in [0.1, 0.15) is 35.1 Å². The SMILES string of the molecule is CC(=O)N(Cc1cccnc1)C[C@H]1CN(Cc2ccccc2[N+](=O)[O-])C[C@@H]1c1ccc(C)cc1. The van der Waals surface area contributed by atoms with E-state index >= 15 is 0 Å². The molecule has 1 aromatic heterocycles. The average Bonchev–Trinajstić information content (AvgIpc) is 3.22. The van der Waals surface area contributed by atoms with E-state index in [-0.39, 0.29) is 28.4 Å². The molecule has 0 spiro atoms. The molecule has 1 aliphatic rings. The molecule has 1 saturated heterocycles. The van der Waals surface area contributed by atoms with E-state index < -0.39 is 0 Å². The van der Waals surface area contributed by atoms with Gasteiger partial charge in [-0.25, -0.2) is 0 Å². The Morgan fingerprint density at radius 1 is 1.12 bits per heavy atom. The highest BCUT2D eigenvalue weighted by atomic mass is 16.6. The summed E-state index contributed by atoms with van der Waals surface area (Å²) in [5.74, 6) is 0.480. The second kappa shape index (κ2) is 10.6. The quantitative estimate of drug-likeness (QED) is 0.365. The maximum atomic E-state index is 12.5. The molecule has 3 aromatic rings. The number of para-hydroxylation sites is 1. The number of aryl methyl sites for hydroxylation is 1. The summed E-state index contributed by atoms with van der Waals surface area (Å²) in [6, 6.07) is 19.4. The third-order valence-electron chi connectivity index (χ3n) is 6.60. The number of nitrogens with zero attached hydrogens (tertiary/aromatic N) is 4. The predicted octanol–water partition coefficient (Wildman–Crippen LogP) is 4.56. The van der Waals surface area contributed by atoms with Crippen LogP contribution in [0.15, 0.2) is 73.1 Å². The Labute approximate surface area is 200 Å². The number of likely N-dealkylation sites (tertiary alicyclic amines) is 1. The van der Waals surface area contributed by atoms with Crippen LogP contribution in [0, 0.1) is 23.0 Å². The first-order valence-electron chi connectivity index (χ1n) is 11.6. The van der Waals surface area contributed by atoms with E-state index in [4.69, 9.17) is 0 Å². The topological polar surface area (TPSA) is 79.6 Å². The molecule has 2 heterocycles. The Kier molecular flexibility index (Phi) is 7.33. The smallest absolute Gasteiger partial charge is 0.273 e. The summed E-state index contributed by atoms with van der Waals surface area (Å²) in [5, 5.41) is 11.5. The molecule has 7 heteroatoms. The molecule has 2 atom stereocenters. The summed E-state index contributed by atoms with van der Waals surface area (Å²) < 4.78 is 0. The van der Waals surface area contributed by atoms with E-state index in [0.717, 1.165) is 24.2 Å². The normalized spacial score (nSPS) is 18.1. The summed E-state index contributed by atoms with van der Waals surface area (Å²) in [7, 11) is 0. The van der Waals surface area contributed by atoms with Crippen molar-refractivity contribution in [3.8, 4) is 0 Å². The van der Waals surface area contributed by atoms with Crippen molar-refractivity contribution in [3.05, 3.63) is 105 Å². The van der Waals surface area contributed by atoms with Crippen LogP contribution < -0.4 is 0 Å². The van der Waals surface area contributed by atoms with Crippen LogP contribution in [-0.2, 0) is 17.9 Å². The van der Waals surface area contributed by atoms with Crippen LogP contribution in [0.2, 0.25) is 0 Å². The predicted molar refractivity (Wildman–Crippen MR) is 131 cm³/mol. The second-order valence-electron chi connectivity index (χ2n) is 9.12. The van der Waals surface area contributed by atoms with Gasteiger partial charge in [0.1, 0.15) is 0 Å². The second-order valence-corrected chi connectivity index (χ2v) is 9.12. The Morgan fingerprint density at radius 3 is 2.56 bits per heavy atom. The van der Waals surface area contributed by atoms with Crippen molar-refractivity contribution in [1.29, 1.82) is 0 Å². The fraction of sp³-hybridized carbons (Fsp3) is 0.333. The van der Waals surface area contributed by atoms with Gasteiger partial charge in [0.05, 0.1) is 4.92 Å². The van der Waals surface area contributed by atoms with Crippen molar-refractivity contribution in [2.24, 2.45) is 5.92 Å². The van der Waals surface area contributed by atoms with Crippen molar-refractivity contribution in [1.82, 2.24) is 14.8 Å². The molecule has 0 unspecified atom stereocenters. The van der Waals surface area contributed by atoms with Gasteiger partial charge in [-0.2, -0.15) is 0 Å². The molecule has 0 aliphatic carbocycles. The first-order chi connectivity index (χ1) is 16.4. The lowest BCUT2D eigenvalue weighted by molar-refractivity contribution is -0.385. The summed E-state index contributed by atoms with van der Waals surface area (Å²) in [6.07, 6.45) is 3.52. The summed E-state index contributed by atoms with van der Waals surface area (Å²) >= 11 is 0. The Morgan fingerprint density at radius 2 is 1.88 bits per heavy atom. The first-order valence-corrected chi connectivity index (χ1v) is 11.6. The Bertz CT molecular complexity index is 1130. The molecule has 0 saturated carbocycles. The van der Waals surface area contributed by atoms with Crippen LogP contribution in [0.5, 0.6) is 0 Å². The maximum Gasteiger partial charge on any atom is 0.273 e. The molecule has 176 valence electrons. The van der Waals surface area contributed by atoms with Gasteiger partial charge in [0.25, 0.3) is 5.69 Å². The van der Waals surface area contributed by atoms with Gasteiger partial charge < -0.3 is 4.90 Å². The van der Waals surface area contributed by atoms with E-state index in [1.165, 1.54) is 11.1 Å². The Balaban J connectivity index is 1.57. The van der Waals surface area contributed by atoms with E-state index in [2.05, 4.69) is 41.1 Å². The van der Waals surface area contributed by atoms with Crippen molar-refractivity contribution >= 4 is 11.6 Å². The number of rotatable bonds is 8. The molecule has 0 radical (unpaired) electrons. The van der Waals surface area contributed by atoms with E-state index in [1.807, 2.05) is 29.2 Å². The third kappa shape index (κ3) is 5.66. The summed E-state index contributed by atoms with van der Waals surface area (Å²) in [4.78, 5) is 32.1. The van der Waals surface area contributed by atoms with E-state index in [1.54, 1.807) is 31.5 Å². The maximum absolute atomic E-state index is 12.5. The highest BCUT2D eigenvalue weighted by Gasteiger charge is 2.36. The number of benzene rings is 2. The molecule has 1 amide bonds. The molecule has 7 nitrogen and oxygen atoms in total. The van der Waals surface area contributed by atoms with Gasteiger partial charge >= 0.3 is 0 Å². The van der Waals surface area contributed by atoms with Crippen molar-refractivity contribution < 1.29 is 9.72 Å².